The number of carbonyl (C=O) groups is 2. The molecule has 4 rings (SSSR count). The van der Waals surface area contributed by atoms with E-state index in [2.05, 4.69) is 57.9 Å². The number of ether oxygens (including phenoxy) is 1. The minimum absolute atomic E-state index is 0.110. The third-order valence-electron chi connectivity index (χ3n) is 7.97. The molecule has 6 nitrogen and oxygen atoms in total. The summed E-state index contributed by atoms with van der Waals surface area (Å²) >= 11 is 1.62. The lowest BCUT2D eigenvalue weighted by molar-refractivity contribution is -0.148. The zero-order chi connectivity index (χ0) is 28.3. The maximum Gasteiger partial charge on any atom is 0.307 e. The number of aryl methyl sites for hydroxylation is 2. The SMILES string of the molecule is C=CCCCCN(C)C(=O)[C@@H]1C[C@H](Oc2cc(-c3nc(C(C)C)cs3)cc3c(C)c(C)ccc23)C[C@H]1C(=O)O. The van der Waals surface area contributed by atoms with Gasteiger partial charge in [-0.3, -0.25) is 9.59 Å². The van der Waals surface area contributed by atoms with E-state index in [0.717, 1.165) is 46.3 Å². The number of nitrogens with zero attached hydrogens (tertiary/aromatic N) is 2. The minimum atomic E-state index is -0.936. The summed E-state index contributed by atoms with van der Waals surface area (Å²) in [6.07, 6.45) is 4.94. The first kappa shape index (κ1) is 28.8. The number of benzene rings is 2. The number of aliphatic carboxylic acids is 1. The number of rotatable bonds is 11. The van der Waals surface area contributed by atoms with Crippen molar-refractivity contribution in [3.63, 3.8) is 0 Å². The highest BCUT2D eigenvalue weighted by molar-refractivity contribution is 7.13. The van der Waals surface area contributed by atoms with Gasteiger partial charge in [0.15, 0.2) is 0 Å². The summed E-state index contributed by atoms with van der Waals surface area (Å²) in [5, 5.41) is 15.1. The standard InChI is InChI=1S/C32H40N2O4S/c1-7-8-9-10-13-34(6)31(35)26-16-23(17-27(26)32(36)37)38-29-15-22(30-33-28(18-39-30)19(2)3)14-25-21(5)20(4)11-12-24(25)29/h7,11-12,14-15,18-19,23,26-27H,1,8-10,13,16-17H2,2-6H3,(H,36,37)/t23-,26+,27+/m0/s1. The van der Waals surface area contributed by atoms with Crippen molar-refractivity contribution in [2.24, 2.45) is 11.8 Å². The molecule has 0 bridgehead atoms. The molecule has 0 aliphatic heterocycles. The Labute approximate surface area is 235 Å². The number of unbranched alkanes of at least 4 members (excludes halogenated alkanes) is 2. The zero-order valence-electron chi connectivity index (χ0n) is 23.7. The average Bonchev–Trinajstić information content (AvgIpc) is 3.56. The van der Waals surface area contributed by atoms with Gasteiger partial charge in [0.1, 0.15) is 16.9 Å². The molecule has 1 heterocycles. The summed E-state index contributed by atoms with van der Waals surface area (Å²) in [5.74, 6) is -1.34. The Bertz CT molecular complexity index is 1360. The summed E-state index contributed by atoms with van der Waals surface area (Å²) < 4.78 is 6.59. The molecule has 7 heteroatoms. The molecule has 39 heavy (non-hydrogen) atoms. The number of aromatic nitrogens is 1. The van der Waals surface area contributed by atoms with Crippen LogP contribution in [0.15, 0.2) is 42.3 Å². The number of carboxylic acid groups (broad SMARTS) is 1. The Kier molecular flexibility index (Phi) is 9.11. The second-order valence-corrected chi connectivity index (χ2v) is 12.0. The first-order valence-corrected chi connectivity index (χ1v) is 14.7. The molecular formula is C32H40N2O4S. The minimum Gasteiger partial charge on any atom is -0.490 e. The highest BCUT2D eigenvalue weighted by Crippen LogP contribution is 2.41. The van der Waals surface area contributed by atoms with Crippen LogP contribution in [0.2, 0.25) is 0 Å². The van der Waals surface area contributed by atoms with Crippen LogP contribution in [0, 0.1) is 25.7 Å². The van der Waals surface area contributed by atoms with Crippen molar-refractivity contribution in [3.05, 3.63) is 59.1 Å². The van der Waals surface area contributed by atoms with Crippen LogP contribution < -0.4 is 4.74 Å². The third kappa shape index (κ3) is 6.35. The van der Waals surface area contributed by atoms with Gasteiger partial charge < -0.3 is 14.7 Å². The van der Waals surface area contributed by atoms with Crippen LogP contribution in [-0.4, -0.2) is 46.6 Å². The fourth-order valence-electron chi connectivity index (χ4n) is 5.40. The predicted octanol–water partition coefficient (Wildman–Crippen LogP) is 7.38. The van der Waals surface area contributed by atoms with E-state index in [1.165, 1.54) is 11.1 Å². The van der Waals surface area contributed by atoms with Gasteiger partial charge in [-0.25, -0.2) is 4.98 Å². The number of amides is 1. The lowest BCUT2D eigenvalue weighted by Crippen LogP contribution is -2.37. The van der Waals surface area contributed by atoms with Crippen molar-refractivity contribution in [3.8, 4) is 16.3 Å². The Morgan fingerprint density at radius 3 is 2.59 bits per heavy atom. The number of hydrogen-bond donors (Lipinski definition) is 1. The fourth-order valence-corrected chi connectivity index (χ4v) is 6.37. The molecule has 0 unspecified atom stereocenters. The van der Waals surface area contributed by atoms with Crippen LogP contribution in [0.4, 0.5) is 0 Å². The first-order valence-electron chi connectivity index (χ1n) is 13.9. The van der Waals surface area contributed by atoms with Crippen LogP contribution in [0.3, 0.4) is 0 Å². The van der Waals surface area contributed by atoms with Gasteiger partial charge in [-0.1, -0.05) is 32.1 Å². The molecule has 1 aliphatic carbocycles. The van der Waals surface area contributed by atoms with E-state index in [9.17, 15) is 14.7 Å². The van der Waals surface area contributed by atoms with Gasteiger partial charge in [-0.05, 0) is 80.5 Å². The van der Waals surface area contributed by atoms with Gasteiger partial charge >= 0.3 is 5.97 Å². The Morgan fingerprint density at radius 2 is 1.92 bits per heavy atom. The third-order valence-corrected chi connectivity index (χ3v) is 8.88. The van der Waals surface area contributed by atoms with E-state index in [1.807, 2.05) is 12.1 Å². The van der Waals surface area contributed by atoms with Crippen LogP contribution in [0.1, 0.15) is 68.7 Å². The van der Waals surface area contributed by atoms with Crippen molar-refractivity contribution >= 4 is 34.0 Å². The second-order valence-electron chi connectivity index (χ2n) is 11.1. The number of allylic oxidation sites excluding steroid dienone is 1. The molecule has 3 aromatic rings. The molecular weight excluding hydrogens is 508 g/mol. The fraction of sp³-hybridized carbons (Fsp3) is 0.469. The summed E-state index contributed by atoms with van der Waals surface area (Å²) in [5.41, 5.74) is 4.43. The second kappa shape index (κ2) is 12.3. The molecule has 1 amide bonds. The number of hydrogen-bond acceptors (Lipinski definition) is 5. The molecule has 1 saturated carbocycles. The van der Waals surface area contributed by atoms with E-state index in [0.29, 0.717) is 31.1 Å². The van der Waals surface area contributed by atoms with Gasteiger partial charge in [0.25, 0.3) is 0 Å². The first-order chi connectivity index (χ1) is 18.6. The van der Waals surface area contributed by atoms with Crippen LogP contribution in [0.5, 0.6) is 5.75 Å². The van der Waals surface area contributed by atoms with Crippen molar-refractivity contribution in [1.82, 2.24) is 9.88 Å². The molecule has 1 N–H and O–H groups in total. The normalized spacial score (nSPS) is 19.0. The van der Waals surface area contributed by atoms with Crippen LogP contribution in [0.25, 0.3) is 21.3 Å². The van der Waals surface area contributed by atoms with E-state index < -0.39 is 17.8 Å². The largest absolute Gasteiger partial charge is 0.490 e. The van der Waals surface area contributed by atoms with Crippen molar-refractivity contribution in [2.45, 2.75) is 71.8 Å². The molecule has 1 fully saturated rings. The smallest absolute Gasteiger partial charge is 0.307 e. The Hall–Kier alpha value is -3.19. The van der Waals surface area contributed by atoms with Crippen molar-refractivity contribution < 1.29 is 19.4 Å². The van der Waals surface area contributed by atoms with Gasteiger partial charge in [-0.2, -0.15) is 0 Å². The van der Waals surface area contributed by atoms with Crippen LogP contribution in [-0.2, 0) is 9.59 Å². The van der Waals surface area contributed by atoms with E-state index in [4.69, 9.17) is 9.72 Å². The summed E-state index contributed by atoms with van der Waals surface area (Å²) in [6, 6.07) is 8.36. The van der Waals surface area contributed by atoms with Crippen molar-refractivity contribution in [2.75, 3.05) is 13.6 Å². The molecule has 1 aliphatic rings. The van der Waals surface area contributed by atoms with Gasteiger partial charge in [0, 0.05) is 29.9 Å². The maximum atomic E-state index is 13.3. The summed E-state index contributed by atoms with van der Waals surface area (Å²) in [6.45, 7) is 12.8. The van der Waals surface area contributed by atoms with E-state index in [-0.39, 0.29) is 12.0 Å². The van der Waals surface area contributed by atoms with E-state index >= 15 is 0 Å². The Morgan fingerprint density at radius 1 is 1.18 bits per heavy atom. The van der Waals surface area contributed by atoms with Gasteiger partial charge in [0.2, 0.25) is 5.91 Å². The van der Waals surface area contributed by atoms with Crippen LogP contribution >= 0.6 is 11.3 Å². The van der Waals surface area contributed by atoms with E-state index in [1.54, 1.807) is 23.3 Å². The highest BCUT2D eigenvalue weighted by Gasteiger charge is 2.45. The highest BCUT2D eigenvalue weighted by atomic mass is 32.1. The van der Waals surface area contributed by atoms with Gasteiger partial charge in [-0.15, -0.1) is 17.9 Å². The summed E-state index contributed by atoms with van der Waals surface area (Å²) in [4.78, 5) is 32.0. The summed E-state index contributed by atoms with van der Waals surface area (Å²) in [7, 11) is 1.77. The number of fused-ring (bicyclic) bond motifs is 1. The van der Waals surface area contributed by atoms with Gasteiger partial charge in [0.05, 0.1) is 17.5 Å². The molecule has 2 aromatic carbocycles. The number of carbonyl (C=O) groups excluding carboxylic acids is 1. The zero-order valence-corrected chi connectivity index (χ0v) is 24.5. The molecule has 0 radical (unpaired) electrons. The quantitative estimate of drug-likeness (QED) is 0.200. The topological polar surface area (TPSA) is 79.7 Å². The number of thiazole rings is 1. The molecule has 3 atom stereocenters. The maximum absolute atomic E-state index is 13.3. The average molecular weight is 549 g/mol. The Balaban J connectivity index is 1.62. The lowest BCUT2D eigenvalue weighted by atomic mass is 9.95. The van der Waals surface area contributed by atoms with Crippen molar-refractivity contribution in [1.29, 1.82) is 0 Å². The predicted molar refractivity (Wildman–Crippen MR) is 159 cm³/mol. The molecule has 0 spiro atoms. The monoisotopic (exact) mass is 548 g/mol. The molecule has 208 valence electrons. The lowest BCUT2D eigenvalue weighted by Gasteiger charge is -2.23. The number of carboxylic acids is 1. The molecule has 1 aromatic heterocycles. The molecule has 0 saturated heterocycles.